The van der Waals surface area contributed by atoms with E-state index in [2.05, 4.69) is 18.3 Å². The Bertz CT molecular complexity index is 650. The Morgan fingerprint density at radius 3 is 2.55 bits per heavy atom. The molecule has 2 aromatic rings. The van der Waals surface area contributed by atoms with Gasteiger partial charge in [0.05, 0.1) is 13.0 Å². The highest BCUT2D eigenvalue weighted by molar-refractivity contribution is 5.78. The molecule has 2 aromatic carbocycles. The summed E-state index contributed by atoms with van der Waals surface area (Å²) in [5.41, 5.74) is 4.54. The molecule has 0 atom stereocenters. The maximum Gasteiger partial charge on any atom is 0.224 e. The largest absolute Gasteiger partial charge is 0.491 e. The van der Waals surface area contributed by atoms with Gasteiger partial charge < -0.3 is 10.1 Å². The van der Waals surface area contributed by atoms with Crippen LogP contribution in [0.4, 0.5) is 0 Å². The van der Waals surface area contributed by atoms with Gasteiger partial charge in [-0.3, -0.25) is 4.79 Å². The van der Waals surface area contributed by atoms with E-state index < -0.39 is 0 Å². The molecular weight excluding hydrogens is 274 g/mol. The van der Waals surface area contributed by atoms with Crippen LogP contribution >= 0.6 is 0 Å². The molecule has 0 radical (unpaired) electrons. The third-order valence-electron chi connectivity index (χ3n) is 3.62. The Morgan fingerprint density at radius 2 is 1.82 bits per heavy atom. The average molecular weight is 297 g/mol. The van der Waals surface area contributed by atoms with Crippen LogP contribution in [0.1, 0.15) is 22.3 Å². The average Bonchev–Trinajstić information content (AvgIpc) is 2.48. The molecule has 0 heterocycles. The summed E-state index contributed by atoms with van der Waals surface area (Å²) in [4.78, 5) is 11.9. The van der Waals surface area contributed by atoms with Crippen molar-refractivity contribution in [3.05, 3.63) is 64.7 Å². The molecule has 3 nitrogen and oxygen atoms in total. The summed E-state index contributed by atoms with van der Waals surface area (Å²) >= 11 is 0. The molecule has 0 unspecified atom stereocenters. The molecule has 0 saturated heterocycles. The van der Waals surface area contributed by atoms with E-state index in [1.165, 1.54) is 5.56 Å². The second-order valence-corrected chi connectivity index (χ2v) is 5.57. The van der Waals surface area contributed by atoms with Gasteiger partial charge in [-0.1, -0.05) is 42.0 Å². The minimum atomic E-state index is 0.0264. The Morgan fingerprint density at radius 1 is 1.05 bits per heavy atom. The zero-order chi connectivity index (χ0) is 15.9. The summed E-state index contributed by atoms with van der Waals surface area (Å²) in [7, 11) is 0. The van der Waals surface area contributed by atoms with Crippen molar-refractivity contribution in [3.8, 4) is 5.75 Å². The minimum Gasteiger partial charge on any atom is -0.491 e. The van der Waals surface area contributed by atoms with Crippen molar-refractivity contribution in [1.29, 1.82) is 0 Å². The lowest BCUT2D eigenvalue weighted by Crippen LogP contribution is -2.29. The van der Waals surface area contributed by atoms with Gasteiger partial charge in [0.2, 0.25) is 5.91 Å². The van der Waals surface area contributed by atoms with E-state index in [0.717, 1.165) is 22.4 Å². The van der Waals surface area contributed by atoms with Crippen LogP contribution in [0.3, 0.4) is 0 Å². The number of hydrogen-bond donors (Lipinski definition) is 1. The Labute approximate surface area is 132 Å². The summed E-state index contributed by atoms with van der Waals surface area (Å²) in [6.45, 7) is 7.09. The van der Waals surface area contributed by atoms with Crippen LogP contribution in [0.5, 0.6) is 5.75 Å². The van der Waals surface area contributed by atoms with Crippen molar-refractivity contribution in [2.24, 2.45) is 0 Å². The lowest BCUT2D eigenvalue weighted by molar-refractivity contribution is -0.120. The molecule has 0 spiro atoms. The zero-order valence-electron chi connectivity index (χ0n) is 13.5. The third-order valence-corrected chi connectivity index (χ3v) is 3.62. The molecular formula is C19H23NO2. The Kier molecular flexibility index (Phi) is 5.59. The first-order valence-electron chi connectivity index (χ1n) is 7.57. The number of ether oxygens (including phenoxy) is 1. The molecule has 2 rings (SSSR count). The minimum absolute atomic E-state index is 0.0264. The van der Waals surface area contributed by atoms with Crippen LogP contribution in [0, 0.1) is 20.8 Å². The molecule has 0 fully saturated rings. The number of carbonyl (C=O) groups is 1. The summed E-state index contributed by atoms with van der Waals surface area (Å²) in [5, 5.41) is 2.90. The molecule has 1 N–H and O–H groups in total. The highest BCUT2D eigenvalue weighted by Gasteiger charge is 2.05. The number of hydrogen-bond acceptors (Lipinski definition) is 2. The predicted molar refractivity (Wildman–Crippen MR) is 89.3 cm³/mol. The normalized spacial score (nSPS) is 10.3. The molecule has 0 aliphatic carbocycles. The lowest BCUT2D eigenvalue weighted by atomic mass is 10.1. The van der Waals surface area contributed by atoms with Crippen molar-refractivity contribution < 1.29 is 9.53 Å². The molecule has 22 heavy (non-hydrogen) atoms. The first-order valence-corrected chi connectivity index (χ1v) is 7.57. The highest BCUT2D eigenvalue weighted by Crippen LogP contribution is 2.18. The van der Waals surface area contributed by atoms with Gasteiger partial charge in [-0.25, -0.2) is 0 Å². The molecule has 0 bridgehead atoms. The smallest absolute Gasteiger partial charge is 0.224 e. The number of benzene rings is 2. The zero-order valence-corrected chi connectivity index (χ0v) is 13.5. The van der Waals surface area contributed by atoms with E-state index in [-0.39, 0.29) is 5.91 Å². The molecule has 0 aliphatic rings. The van der Waals surface area contributed by atoms with Gasteiger partial charge >= 0.3 is 0 Å². The predicted octanol–water partition coefficient (Wildman–Crippen LogP) is 3.35. The van der Waals surface area contributed by atoms with Crippen molar-refractivity contribution in [3.63, 3.8) is 0 Å². The van der Waals surface area contributed by atoms with E-state index in [1.807, 2.05) is 50.2 Å². The van der Waals surface area contributed by atoms with E-state index in [0.29, 0.717) is 19.6 Å². The van der Waals surface area contributed by atoms with E-state index >= 15 is 0 Å². The van der Waals surface area contributed by atoms with Crippen LogP contribution in [0.25, 0.3) is 0 Å². The van der Waals surface area contributed by atoms with E-state index in [4.69, 9.17) is 4.74 Å². The summed E-state index contributed by atoms with van der Waals surface area (Å²) in [5.74, 6) is 0.900. The molecule has 0 saturated carbocycles. The first kappa shape index (κ1) is 16.1. The Balaban J connectivity index is 1.74. The third kappa shape index (κ3) is 4.62. The van der Waals surface area contributed by atoms with Gasteiger partial charge in [0, 0.05) is 0 Å². The van der Waals surface area contributed by atoms with Crippen LogP contribution < -0.4 is 10.1 Å². The maximum absolute atomic E-state index is 11.9. The monoisotopic (exact) mass is 297 g/mol. The molecule has 3 heteroatoms. The summed E-state index contributed by atoms with van der Waals surface area (Å²) < 4.78 is 5.70. The van der Waals surface area contributed by atoms with Crippen molar-refractivity contribution in [2.45, 2.75) is 27.2 Å². The van der Waals surface area contributed by atoms with Crippen LogP contribution in [-0.4, -0.2) is 19.1 Å². The van der Waals surface area contributed by atoms with Gasteiger partial charge in [-0.2, -0.15) is 0 Å². The summed E-state index contributed by atoms with van der Waals surface area (Å²) in [6.07, 6.45) is 0.413. The second kappa shape index (κ2) is 7.64. The maximum atomic E-state index is 11.9. The number of rotatable bonds is 6. The fourth-order valence-electron chi connectivity index (χ4n) is 2.36. The number of nitrogens with one attached hydrogen (secondary N) is 1. The van der Waals surface area contributed by atoms with Crippen molar-refractivity contribution in [1.82, 2.24) is 5.32 Å². The molecule has 1 amide bonds. The van der Waals surface area contributed by atoms with Crippen molar-refractivity contribution in [2.75, 3.05) is 13.2 Å². The Hall–Kier alpha value is -2.29. The number of carbonyl (C=O) groups excluding carboxylic acids is 1. The fraction of sp³-hybridized carbons (Fsp3) is 0.316. The molecule has 0 aliphatic heterocycles. The SMILES string of the molecule is Cc1ccc(OCCNC(=O)Cc2ccccc2C)c(C)c1. The standard InChI is InChI=1S/C19H23NO2/c1-14-8-9-18(16(3)12-14)22-11-10-20-19(21)13-17-7-5-4-6-15(17)2/h4-9,12H,10-11,13H2,1-3H3,(H,20,21). The van der Waals surface area contributed by atoms with E-state index in [1.54, 1.807) is 0 Å². The van der Waals surface area contributed by atoms with Gasteiger partial charge in [0.1, 0.15) is 12.4 Å². The molecule has 116 valence electrons. The van der Waals surface area contributed by atoms with Gasteiger partial charge in [-0.15, -0.1) is 0 Å². The van der Waals surface area contributed by atoms with Crippen molar-refractivity contribution >= 4 is 5.91 Å². The van der Waals surface area contributed by atoms with Crippen LogP contribution in [0.15, 0.2) is 42.5 Å². The summed E-state index contributed by atoms with van der Waals surface area (Å²) in [6, 6.07) is 14.0. The fourth-order valence-corrected chi connectivity index (χ4v) is 2.36. The van der Waals surface area contributed by atoms with Crippen LogP contribution in [-0.2, 0) is 11.2 Å². The number of amides is 1. The van der Waals surface area contributed by atoms with E-state index in [9.17, 15) is 4.79 Å². The highest BCUT2D eigenvalue weighted by atomic mass is 16.5. The van der Waals surface area contributed by atoms with Crippen LogP contribution in [0.2, 0.25) is 0 Å². The van der Waals surface area contributed by atoms with Gasteiger partial charge in [0.25, 0.3) is 0 Å². The second-order valence-electron chi connectivity index (χ2n) is 5.57. The number of aryl methyl sites for hydroxylation is 3. The topological polar surface area (TPSA) is 38.3 Å². The van der Waals surface area contributed by atoms with Gasteiger partial charge in [-0.05, 0) is 43.5 Å². The van der Waals surface area contributed by atoms with Gasteiger partial charge in [0.15, 0.2) is 0 Å². The quantitative estimate of drug-likeness (QED) is 0.830. The first-order chi connectivity index (χ1) is 10.6. The molecule has 0 aromatic heterocycles. The lowest BCUT2D eigenvalue weighted by Gasteiger charge is -2.11.